The van der Waals surface area contributed by atoms with Crippen LogP contribution in [0.5, 0.6) is 0 Å². The van der Waals surface area contributed by atoms with Crippen LogP contribution in [0.15, 0.2) is 22.5 Å². The average molecular weight is 361 g/mol. The first-order valence-corrected chi connectivity index (χ1v) is 8.71. The molecule has 2 aromatic rings. The molecule has 0 aliphatic carbocycles. The number of anilines is 2. The molecule has 0 aliphatic rings. The van der Waals surface area contributed by atoms with Crippen LogP contribution >= 0.6 is 34.7 Å². The van der Waals surface area contributed by atoms with Gasteiger partial charge < -0.3 is 10.6 Å². The van der Waals surface area contributed by atoms with E-state index < -0.39 is 5.82 Å². The van der Waals surface area contributed by atoms with E-state index in [2.05, 4.69) is 27.8 Å². The Kier molecular flexibility index (Phi) is 6.41. The summed E-state index contributed by atoms with van der Waals surface area (Å²) in [5.74, 6) is -0.748. The lowest BCUT2D eigenvalue weighted by molar-refractivity contribution is -0.113. The molecule has 1 aromatic carbocycles. The van der Waals surface area contributed by atoms with Crippen LogP contribution in [-0.2, 0) is 4.79 Å². The summed E-state index contributed by atoms with van der Waals surface area (Å²) in [4.78, 5) is 11.8. The van der Waals surface area contributed by atoms with Gasteiger partial charge in [0.05, 0.1) is 11.4 Å². The van der Waals surface area contributed by atoms with Gasteiger partial charge in [0.25, 0.3) is 0 Å². The largest absolute Gasteiger partial charge is 0.360 e. The Balaban J connectivity index is 1.83. The zero-order valence-corrected chi connectivity index (χ0v) is 14.1. The Morgan fingerprint density at radius 1 is 1.45 bits per heavy atom. The molecule has 5 nitrogen and oxygen atoms in total. The fourth-order valence-corrected chi connectivity index (χ4v) is 3.21. The van der Waals surface area contributed by atoms with Crippen molar-refractivity contribution in [1.29, 1.82) is 0 Å². The van der Waals surface area contributed by atoms with Crippen molar-refractivity contribution < 1.29 is 9.18 Å². The van der Waals surface area contributed by atoms with Crippen LogP contribution in [0, 0.1) is 5.82 Å². The predicted octanol–water partition coefficient (Wildman–Crippen LogP) is 3.88. The number of carbonyl (C=O) groups is 1. The van der Waals surface area contributed by atoms with Gasteiger partial charge in [-0.2, -0.15) is 0 Å². The van der Waals surface area contributed by atoms with Crippen molar-refractivity contribution in [2.75, 3.05) is 22.9 Å². The molecule has 1 heterocycles. The molecular weight excluding hydrogens is 347 g/mol. The molecule has 0 atom stereocenters. The quantitative estimate of drug-likeness (QED) is 0.733. The highest BCUT2D eigenvalue weighted by Crippen LogP contribution is 2.26. The van der Waals surface area contributed by atoms with E-state index in [1.54, 1.807) is 0 Å². The maximum absolute atomic E-state index is 13.6. The number of benzene rings is 1. The number of carbonyl (C=O) groups excluding carboxylic acids is 1. The Morgan fingerprint density at radius 3 is 3.00 bits per heavy atom. The minimum atomic E-state index is -0.562. The first-order valence-electron chi connectivity index (χ1n) is 6.53. The highest BCUT2D eigenvalue weighted by Gasteiger charge is 2.10. The maximum Gasteiger partial charge on any atom is 0.234 e. The molecule has 0 unspecified atom stereocenters. The second-order valence-corrected chi connectivity index (χ2v) is 6.90. The summed E-state index contributed by atoms with van der Waals surface area (Å²) in [5, 5.41) is 14.6. The highest BCUT2D eigenvalue weighted by molar-refractivity contribution is 8.01. The van der Waals surface area contributed by atoms with Gasteiger partial charge in [0.2, 0.25) is 11.0 Å². The van der Waals surface area contributed by atoms with E-state index in [0.717, 1.165) is 24.2 Å². The predicted molar refractivity (Wildman–Crippen MR) is 89.5 cm³/mol. The number of thioether (sulfide) groups is 1. The van der Waals surface area contributed by atoms with Gasteiger partial charge in [-0.05, 0) is 24.6 Å². The summed E-state index contributed by atoms with van der Waals surface area (Å²) in [6.07, 6.45) is 0.997. The number of nitrogens with one attached hydrogen (secondary N) is 2. The van der Waals surface area contributed by atoms with Crippen molar-refractivity contribution in [3.05, 3.63) is 29.0 Å². The van der Waals surface area contributed by atoms with Gasteiger partial charge in [0.15, 0.2) is 4.34 Å². The first-order chi connectivity index (χ1) is 10.6. The Hall–Kier alpha value is -1.38. The fraction of sp³-hybridized carbons (Fsp3) is 0.308. The number of aromatic nitrogens is 2. The van der Waals surface area contributed by atoms with Gasteiger partial charge in [0, 0.05) is 11.6 Å². The first kappa shape index (κ1) is 17.0. The SMILES string of the molecule is CCCNc1nnc(SCC(=O)Nc2ccc(Cl)cc2F)s1. The molecule has 2 rings (SSSR count). The van der Waals surface area contributed by atoms with E-state index >= 15 is 0 Å². The summed E-state index contributed by atoms with van der Waals surface area (Å²) in [5.41, 5.74) is 0.109. The number of hydrogen-bond donors (Lipinski definition) is 2. The van der Waals surface area contributed by atoms with Gasteiger partial charge in [0.1, 0.15) is 5.82 Å². The van der Waals surface area contributed by atoms with Crippen molar-refractivity contribution in [3.63, 3.8) is 0 Å². The van der Waals surface area contributed by atoms with Gasteiger partial charge in [-0.25, -0.2) is 4.39 Å². The van der Waals surface area contributed by atoms with E-state index in [1.165, 1.54) is 35.2 Å². The molecule has 0 aliphatic heterocycles. The third kappa shape index (κ3) is 5.11. The zero-order chi connectivity index (χ0) is 15.9. The van der Waals surface area contributed by atoms with Gasteiger partial charge >= 0.3 is 0 Å². The summed E-state index contributed by atoms with van der Waals surface area (Å²) in [6, 6.07) is 4.10. The van der Waals surface area contributed by atoms with Crippen LogP contribution in [0.3, 0.4) is 0 Å². The minimum Gasteiger partial charge on any atom is -0.360 e. The van der Waals surface area contributed by atoms with Gasteiger partial charge in [-0.15, -0.1) is 10.2 Å². The Bertz CT molecular complexity index is 653. The maximum atomic E-state index is 13.6. The number of amides is 1. The molecule has 1 amide bonds. The summed E-state index contributed by atoms with van der Waals surface area (Å²) in [7, 11) is 0. The Morgan fingerprint density at radius 2 is 2.27 bits per heavy atom. The summed E-state index contributed by atoms with van der Waals surface area (Å²) in [6.45, 7) is 2.89. The minimum absolute atomic E-state index is 0.109. The van der Waals surface area contributed by atoms with Gasteiger partial charge in [-0.1, -0.05) is 41.6 Å². The molecule has 0 radical (unpaired) electrons. The zero-order valence-electron chi connectivity index (χ0n) is 11.7. The van der Waals surface area contributed by atoms with Crippen molar-refractivity contribution in [2.24, 2.45) is 0 Å². The van der Waals surface area contributed by atoms with E-state index in [-0.39, 0.29) is 22.4 Å². The molecule has 2 N–H and O–H groups in total. The van der Waals surface area contributed by atoms with Gasteiger partial charge in [-0.3, -0.25) is 4.79 Å². The third-order valence-electron chi connectivity index (χ3n) is 2.46. The second-order valence-electron chi connectivity index (χ2n) is 4.26. The smallest absolute Gasteiger partial charge is 0.234 e. The molecule has 22 heavy (non-hydrogen) atoms. The fourth-order valence-electron chi connectivity index (χ4n) is 1.48. The van der Waals surface area contributed by atoms with Crippen LogP contribution in [0.2, 0.25) is 5.02 Å². The van der Waals surface area contributed by atoms with Crippen LogP contribution in [0.25, 0.3) is 0 Å². The standard InChI is InChI=1S/C13H14ClFN4OS2/c1-2-5-16-12-18-19-13(22-12)21-7-11(20)17-10-4-3-8(14)6-9(10)15/h3-4,6H,2,5,7H2,1H3,(H,16,18)(H,17,20). The van der Waals surface area contributed by atoms with Crippen molar-refractivity contribution in [3.8, 4) is 0 Å². The number of halogens is 2. The molecular formula is C13H14ClFN4OS2. The molecule has 0 bridgehead atoms. The molecule has 0 fully saturated rings. The molecule has 9 heteroatoms. The van der Waals surface area contributed by atoms with Crippen LogP contribution in [0.4, 0.5) is 15.2 Å². The summed E-state index contributed by atoms with van der Waals surface area (Å²) >= 11 is 8.30. The van der Waals surface area contributed by atoms with E-state index in [9.17, 15) is 9.18 Å². The normalized spacial score (nSPS) is 10.5. The van der Waals surface area contributed by atoms with E-state index in [4.69, 9.17) is 11.6 Å². The van der Waals surface area contributed by atoms with Crippen molar-refractivity contribution >= 4 is 51.4 Å². The van der Waals surface area contributed by atoms with Crippen LogP contribution in [0.1, 0.15) is 13.3 Å². The van der Waals surface area contributed by atoms with Crippen LogP contribution in [-0.4, -0.2) is 28.4 Å². The monoisotopic (exact) mass is 360 g/mol. The van der Waals surface area contributed by atoms with Crippen LogP contribution < -0.4 is 10.6 Å². The topological polar surface area (TPSA) is 66.9 Å². The van der Waals surface area contributed by atoms with Crippen molar-refractivity contribution in [2.45, 2.75) is 17.7 Å². The van der Waals surface area contributed by atoms with E-state index in [1.807, 2.05) is 0 Å². The lowest BCUT2D eigenvalue weighted by Gasteiger charge is -2.05. The molecule has 0 spiro atoms. The molecule has 0 saturated carbocycles. The second kappa shape index (κ2) is 8.30. The molecule has 118 valence electrons. The van der Waals surface area contributed by atoms with Crippen molar-refractivity contribution in [1.82, 2.24) is 10.2 Å². The summed E-state index contributed by atoms with van der Waals surface area (Å²) < 4.78 is 14.2. The lowest BCUT2D eigenvalue weighted by atomic mass is 10.3. The van der Waals surface area contributed by atoms with E-state index in [0.29, 0.717) is 4.34 Å². The number of nitrogens with zero attached hydrogens (tertiary/aromatic N) is 2. The average Bonchev–Trinajstić information content (AvgIpc) is 2.94. The lowest BCUT2D eigenvalue weighted by Crippen LogP contribution is -2.14. The third-order valence-corrected chi connectivity index (χ3v) is 4.71. The number of rotatable bonds is 7. The Labute approximate surface area is 140 Å². The molecule has 1 aromatic heterocycles. The molecule has 0 saturated heterocycles. The highest BCUT2D eigenvalue weighted by atomic mass is 35.5. The number of hydrogen-bond acceptors (Lipinski definition) is 6.